The minimum absolute atomic E-state index is 0.0684. The first-order chi connectivity index (χ1) is 11.9. The lowest BCUT2D eigenvalue weighted by Gasteiger charge is -2.31. The minimum Gasteiger partial charge on any atom is -0.495 e. The van der Waals surface area contributed by atoms with Crippen molar-refractivity contribution in [3.8, 4) is 5.75 Å². The lowest BCUT2D eigenvalue weighted by molar-refractivity contribution is -0.126. The predicted octanol–water partition coefficient (Wildman–Crippen LogP) is 2.67. The summed E-state index contributed by atoms with van der Waals surface area (Å²) in [4.78, 5) is 12.4. The van der Waals surface area contributed by atoms with E-state index >= 15 is 0 Å². The van der Waals surface area contributed by atoms with Gasteiger partial charge in [-0.25, -0.2) is 8.42 Å². The molecule has 25 heavy (non-hydrogen) atoms. The molecule has 1 amide bonds. The summed E-state index contributed by atoms with van der Waals surface area (Å²) in [5.41, 5.74) is 0. The Morgan fingerprint density at radius 1 is 1.44 bits per heavy atom. The number of rotatable bonds is 7. The zero-order valence-corrected chi connectivity index (χ0v) is 16.2. The van der Waals surface area contributed by atoms with Gasteiger partial charge in [-0.15, -0.1) is 0 Å². The van der Waals surface area contributed by atoms with E-state index in [1.165, 1.54) is 29.6 Å². The van der Waals surface area contributed by atoms with Gasteiger partial charge in [-0.3, -0.25) is 4.79 Å². The maximum absolute atomic E-state index is 12.9. The first-order valence-corrected chi connectivity index (χ1v) is 10.3. The number of ether oxygens (including phenoxy) is 1. The molecule has 0 spiro atoms. The van der Waals surface area contributed by atoms with Crippen LogP contribution in [0.15, 0.2) is 23.1 Å². The number of piperidine rings is 1. The topological polar surface area (TPSA) is 75.7 Å². The predicted molar refractivity (Wildman–Crippen MR) is 97.4 cm³/mol. The van der Waals surface area contributed by atoms with Crippen LogP contribution >= 0.6 is 11.6 Å². The summed E-state index contributed by atoms with van der Waals surface area (Å²) in [6.07, 6.45) is 3.29. The molecular formula is C17H25ClN2O4S. The molecule has 1 aliphatic rings. The zero-order valence-electron chi connectivity index (χ0n) is 14.6. The second kappa shape index (κ2) is 8.87. The van der Waals surface area contributed by atoms with Gasteiger partial charge in [0.15, 0.2) is 0 Å². The Morgan fingerprint density at radius 3 is 2.84 bits per heavy atom. The van der Waals surface area contributed by atoms with Crippen LogP contribution in [0.25, 0.3) is 0 Å². The lowest BCUT2D eigenvalue weighted by atomic mass is 9.99. The van der Waals surface area contributed by atoms with Gasteiger partial charge in [-0.05, 0) is 37.5 Å². The van der Waals surface area contributed by atoms with Gasteiger partial charge in [0.25, 0.3) is 0 Å². The number of halogens is 1. The van der Waals surface area contributed by atoms with Gasteiger partial charge in [-0.1, -0.05) is 24.9 Å². The molecule has 8 heteroatoms. The third kappa shape index (κ3) is 4.86. The molecule has 140 valence electrons. The number of hydrogen-bond acceptors (Lipinski definition) is 4. The number of amides is 1. The van der Waals surface area contributed by atoms with Crippen molar-refractivity contribution < 1.29 is 17.9 Å². The fraction of sp³-hybridized carbons (Fsp3) is 0.588. The summed E-state index contributed by atoms with van der Waals surface area (Å²) < 4.78 is 32.2. The average molecular weight is 389 g/mol. The van der Waals surface area contributed by atoms with E-state index in [1.807, 2.05) is 0 Å². The molecule has 0 radical (unpaired) electrons. The second-order valence-corrected chi connectivity index (χ2v) is 8.49. The quantitative estimate of drug-likeness (QED) is 0.728. The van der Waals surface area contributed by atoms with Gasteiger partial charge in [-0.2, -0.15) is 4.31 Å². The van der Waals surface area contributed by atoms with Gasteiger partial charge in [0.2, 0.25) is 15.9 Å². The number of benzene rings is 1. The number of nitrogens with one attached hydrogen (secondary N) is 1. The van der Waals surface area contributed by atoms with E-state index in [4.69, 9.17) is 16.3 Å². The Hall–Kier alpha value is -1.31. The summed E-state index contributed by atoms with van der Waals surface area (Å²) in [6, 6.07) is 4.40. The Balaban J connectivity index is 2.11. The summed E-state index contributed by atoms with van der Waals surface area (Å²) >= 11 is 6.05. The third-order valence-corrected chi connectivity index (χ3v) is 6.50. The first kappa shape index (κ1) is 20.0. The van der Waals surface area contributed by atoms with Gasteiger partial charge < -0.3 is 10.1 Å². The zero-order chi connectivity index (χ0) is 18.4. The first-order valence-electron chi connectivity index (χ1n) is 8.51. The van der Waals surface area contributed by atoms with Crippen LogP contribution in [0.5, 0.6) is 5.75 Å². The van der Waals surface area contributed by atoms with Crippen molar-refractivity contribution >= 4 is 27.5 Å². The number of unbranched alkanes of at least 4 members (excludes halogenated alkanes) is 1. The van der Waals surface area contributed by atoms with E-state index in [2.05, 4.69) is 12.2 Å². The summed E-state index contributed by atoms with van der Waals surface area (Å²) in [5, 5.41) is 3.14. The molecule has 1 aliphatic heterocycles. The molecule has 1 atom stereocenters. The van der Waals surface area contributed by atoms with Crippen molar-refractivity contribution in [2.75, 3.05) is 26.7 Å². The summed E-state index contributed by atoms with van der Waals surface area (Å²) in [6.45, 7) is 3.29. The molecule has 1 unspecified atom stereocenters. The molecule has 1 aromatic carbocycles. The number of carbonyl (C=O) groups excluding carboxylic acids is 1. The maximum atomic E-state index is 12.9. The Bertz CT molecular complexity index is 709. The molecule has 0 bridgehead atoms. The van der Waals surface area contributed by atoms with E-state index < -0.39 is 10.0 Å². The average Bonchev–Trinajstić information content (AvgIpc) is 2.61. The van der Waals surface area contributed by atoms with Crippen molar-refractivity contribution in [2.45, 2.75) is 37.5 Å². The van der Waals surface area contributed by atoms with Gasteiger partial charge >= 0.3 is 0 Å². The van der Waals surface area contributed by atoms with Crippen LogP contribution in [-0.2, 0) is 14.8 Å². The van der Waals surface area contributed by atoms with Crippen molar-refractivity contribution in [3.05, 3.63) is 23.2 Å². The van der Waals surface area contributed by atoms with Crippen molar-refractivity contribution in [1.82, 2.24) is 9.62 Å². The molecule has 1 fully saturated rings. The molecule has 2 rings (SSSR count). The van der Waals surface area contributed by atoms with Crippen LogP contribution in [-0.4, -0.2) is 45.4 Å². The highest BCUT2D eigenvalue weighted by molar-refractivity contribution is 7.89. The van der Waals surface area contributed by atoms with E-state index in [0.29, 0.717) is 31.7 Å². The molecule has 6 nitrogen and oxygen atoms in total. The highest BCUT2D eigenvalue weighted by Gasteiger charge is 2.33. The highest BCUT2D eigenvalue weighted by atomic mass is 35.5. The summed E-state index contributed by atoms with van der Waals surface area (Å²) in [5.74, 6) is 0.0441. The maximum Gasteiger partial charge on any atom is 0.243 e. The third-order valence-electron chi connectivity index (χ3n) is 4.35. The van der Waals surface area contributed by atoms with E-state index in [-0.39, 0.29) is 28.3 Å². The van der Waals surface area contributed by atoms with E-state index in [1.54, 1.807) is 0 Å². The Labute approximate surface area is 154 Å². The molecule has 1 saturated heterocycles. The largest absolute Gasteiger partial charge is 0.495 e. The van der Waals surface area contributed by atoms with Crippen LogP contribution in [0.1, 0.15) is 32.6 Å². The standard InChI is InChI=1S/C17H25ClN2O4S/c1-3-4-9-19-17(21)13-6-5-10-20(12-13)25(22,23)14-7-8-16(24-2)15(18)11-14/h7-8,11,13H,3-6,9-10,12H2,1-2H3,(H,19,21). The lowest BCUT2D eigenvalue weighted by Crippen LogP contribution is -2.45. The van der Waals surface area contributed by atoms with Crippen LogP contribution in [0.4, 0.5) is 0 Å². The van der Waals surface area contributed by atoms with E-state index in [0.717, 1.165) is 12.8 Å². The fourth-order valence-corrected chi connectivity index (χ4v) is 4.74. The monoisotopic (exact) mass is 388 g/mol. The number of carbonyl (C=O) groups is 1. The molecule has 1 N–H and O–H groups in total. The summed E-state index contributed by atoms with van der Waals surface area (Å²) in [7, 11) is -2.21. The number of sulfonamides is 1. The van der Waals surface area contributed by atoms with E-state index in [9.17, 15) is 13.2 Å². The minimum atomic E-state index is -3.69. The molecule has 0 aromatic heterocycles. The van der Waals surface area contributed by atoms with Crippen LogP contribution in [0.2, 0.25) is 5.02 Å². The van der Waals surface area contributed by atoms with Crippen LogP contribution < -0.4 is 10.1 Å². The second-order valence-electron chi connectivity index (χ2n) is 6.14. The Morgan fingerprint density at radius 2 is 2.20 bits per heavy atom. The number of methoxy groups -OCH3 is 1. The van der Waals surface area contributed by atoms with Gasteiger partial charge in [0.05, 0.1) is 22.9 Å². The van der Waals surface area contributed by atoms with Gasteiger partial charge in [0, 0.05) is 19.6 Å². The van der Waals surface area contributed by atoms with Crippen molar-refractivity contribution in [3.63, 3.8) is 0 Å². The number of nitrogens with zero attached hydrogens (tertiary/aromatic N) is 1. The molecule has 1 heterocycles. The van der Waals surface area contributed by atoms with Crippen molar-refractivity contribution in [1.29, 1.82) is 0 Å². The van der Waals surface area contributed by atoms with Crippen LogP contribution in [0, 0.1) is 5.92 Å². The molecule has 0 aliphatic carbocycles. The highest BCUT2D eigenvalue weighted by Crippen LogP contribution is 2.30. The smallest absolute Gasteiger partial charge is 0.243 e. The molecule has 0 saturated carbocycles. The van der Waals surface area contributed by atoms with Crippen LogP contribution in [0.3, 0.4) is 0 Å². The fourth-order valence-electron chi connectivity index (χ4n) is 2.86. The SMILES string of the molecule is CCCCNC(=O)C1CCCN(S(=O)(=O)c2ccc(OC)c(Cl)c2)C1. The van der Waals surface area contributed by atoms with Gasteiger partial charge in [0.1, 0.15) is 5.75 Å². The molecular weight excluding hydrogens is 364 g/mol. The normalized spacial score (nSPS) is 18.8. The Kier molecular flexibility index (Phi) is 7.10. The number of hydrogen-bond donors (Lipinski definition) is 1. The molecule has 1 aromatic rings. The van der Waals surface area contributed by atoms with Crippen molar-refractivity contribution in [2.24, 2.45) is 5.92 Å².